The van der Waals surface area contributed by atoms with E-state index in [0.717, 1.165) is 36.2 Å². The largest absolute Gasteiger partial charge is 0.295 e. The van der Waals surface area contributed by atoms with E-state index >= 15 is 0 Å². The Labute approximate surface area is 140 Å². The van der Waals surface area contributed by atoms with Crippen LogP contribution in [0.4, 0.5) is 0 Å². The Bertz CT molecular complexity index is 955. The van der Waals surface area contributed by atoms with E-state index < -0.39 is 0 Å². The molecular formula is C19H18N4O. The van der Waals surface area contributed by atoms with E-state index in [1.807, 2.05) is 43.5 Å². The molecule has 4 rings (SSSR count). The molecule has 1 aliphatic rings. The maximum atomic E-state index is 12.6. The van der Waals surface area contributed by atoms with Crippen molar-refractivity contribution in [1.82, 2.24) is 14.8 Å². The van der Waals surface area contributed by atoms with Gasteiger partial charge in [-0.15, -0.1) is 0 Å². The number of nitrogens with zero attached hydrogens (tertiary/aromatic N) is 3. The fourth-order valence-electron chi connectivity index (χ4n) is 3.28. The summed E-state index contributed by atoms with van der Waals surface area (Å²) in [6.07, 6.45) is 4.84. The van der Waals surface area contributed by atoms with Gasteiger partial charge in [0.05, 0.1) is 11.4 Å². The maximum Gasteiger partial charge on any atom is 0.290 e. The highest BCUT2D eigenvalue weighted by Gasteiger charge is 2.18. The third-order valence-electron chi connectivity index (χ3n) is 4.40. The maximum absolute atomic E-state index is 12.6. The highest BCUT2D eigenvalue weighted by molar-refractivity contribution is 6.04. The molecule has 0 unspecified atom stereocenters. The third-order valence-corrected chi connectivity index (χ3v) is 4.40. The molecule has 2 aromatic heterocycles. The molecule has 0 aliphatic heterocycles. The van der Waals surface area contributed by atoms with Crippen molar-refractivity contribution >= 4 is 17.3 Å². The van der Waals surface area contributed by atoms with Crippen LogP contribution in [-0.2, 0) is 6.42 Å². The molecule has 0 atom stereocenters. The van der Waals surface area contributed by atoms with Crippen molar-refractivity contribution in [2.24, 2.45) is 5.10 Å². The van der Waals surface area contributed by atoms with Crippen molar-refractivity contribution in [1.29, 1.82) is 0 Å². The summed E-state index contributed by atoms with van der Waals surface area (Å²) >= 11 is 0. The van der Waals surface area contributed by atoms with Crippen LogP contribution in [0, 0.1) is 6.92 Å². The van der Waals surface area contributed by atoms with Gasteiger partial charge in [0.15, 0.2) is 0 Å². The van der Waals surface area contributed by atoms with Crippen LogP contribution in [0.3, 0.4) is 0 Å². The number of aryl methyl sites for hydroxylation is 2. The second-order valence-corrected chi connectivity index (χ2v) is 5.98. The fourth-order valence-corrected chi connectivity index (χ4v) is 3.28. The van der Waals surface area contributed by atoms with Gasteiger partial charge < -0.3 is 0 Å². The standard InChI is InChI=1S/C19H18N4O/c1-13-18(23-12-5-4-11-17(23)20-13)19(24)22-21-16-10-6-8-14-7-2-3-9-15(14)16/h2-5,7,9,11-12H,6,8,10H2,1H3,(H,22,24)/b21-16+. The molecule has 120 valence electrons. The Morgan fingerprint density at radius 2 is 2.00 bits per heavy atom. The lowest BCUT2D eigenvalue weighted by Crippen LogP contribution is -2.24. The number of carbonyl (C=O) groups is 1. The molecule has 0 saturated carbocycles. The molecule has 3 aromatic rings. The Morgan fingerprint density at radius 1 is 1.17 bits per heavy atom. The number of aromatic nitrogens is 2. The van der Waals surface area contributed by atoms with Gasteiger partial charge in [0.1, 0.15) is 11.3 Å². The first-order valence-corrected chi connectivity index (χ1v) is 8.13. The number of rotatable bonds is 2. The predicted octanol–water partition coefficient (Wildman–Crippen LogP) is 3.11. The highest BCUT2D eigenvalue weighted by atomic mass is 16.2. The Balaban J connectivity index is 1.64. The molecule has 1 aromatic carbocycles. The lowest BCUT2D eigenvalue weighted by molar-refractivity contribution is 0.0948. The molecule has 5 heteroatoms. The minimum atomic E-state index is -0.234. The summed E-state index contributed by atoms with van der Waals surface area (Å²) in [4.78, 5) is 17.0. The van der Waals surface area contributed by atoms with Crippen molar-refractivity contribution in [3.05, 3.63) is 71.2 Å². The summed E-state index contributed by atoms with van der Waals surface area (Å²) in [6.45, 7) is 1.84. The number of pyridine rings is 1. The zero-order valence-electron chi connectivity index (χ0n) is 13.5. The van der Waals surface area contributed by atoms with Gasteiger partial charge in [-0.05, 0) is 43.9 Å². The normalized spacial score (nSPS) is 15.5. The van der Waals surface area contributed by atoms with Gasteiger partial charge in [0.25, 0.3) is 5.91 Å². The number of imidazole rings is 1. The van der Waals surface area contributed by atoms with E-state index in [0.29, 0.717) is 11.4 Å². The number of benzene rings is 1. The van der Waals surface area contributed by atoms with E-state index in [4.69, 9.17) is 0 Å². The lowest BCUT2D eigenvalue weighted by atomic mass is 9.90. The van der Waals surface area contributed by atoms with Crippen LogP contribution in [0.1, 0.15) is 40.2 Å². The van der Waals surface area contributed by atoms with E-state index in [1.54, 1.807) is 4.40 Å². The molecule has 0 radical (unpaired) electrons. The Kier molecular flexibility index (Phi) is 3.61. The predicted molar refractivity (Wildman–Crippen MR) is 93.3 cm³/mol. The molecule has 2 heterocycles. The fraction of sp³-hybridized carbons (Fsp3) is 0.211. The number of hydrogen-bond acceptors (Lipinski definition) is 3. The van der Waals surface area contributed by atoms with Crippen molar-refractivity contribution in [3.63, 3.8) is 0 Å². The van der Waals surface area contributed by atoms with Crippen LogP contribution < -0.4 is 5.43 Å². The molecule has 0 fully saturated rings. The lowest BCUT2D eigenvalue weighted by Gasteiger charge is -2.17. The average molecular weight is 318 g/mol. The molecular weight excluding hydrogens is 300 g/mol. The zero-order valence-corrected chi connectivity index (χ0v) is 13.5. The van der Waals surface area contributed by atoms with Crippen LogP contribution >= 0.6 is 0 Å². The SMILES string of the molecule is Cc1nc2ccccn2c1C(=O)N/N=C1\CCCc2ccccc21. The number of fused-ring (bicyclic) bond motifs is 2. The van der Waals surface area contributed by atoms with E-state index in [-0.39, 0.29) is 5.91 Å². The second-order valence-electron chi connectivity index (χ2n) is 5.98. The van der Waals surface area contributed by atoms with Gasteiger partial charge in [0, 0.05) is 11.8 Å². The topological polar surface area (TPSA) is 58.8 Å². The van der Waals surface area contributed by atoms with Crippen molar-refractivity contribution < 1.29 is 4.79 Å². The minimum absolute atomic E-state index is 0.234. The second kappa shape index (κ2) is 5.92. The number of carbonyl (C=O) groups excluding carboxylic acids is 1. The summed E-state index contributed by atoms with van der Waals surface area (Å²) in [5.74, 6) is -0.234. The molecule has 0 bridgehead atoms. The first-order valence-electron chi connectivity index (χ1n) is 8.13. The van der Waals surface area contributed by atoms with Gasteiger partial charge in [-0.2, -0.15) is 5.10 Å². The van der Waals surface area contributed by atoms with Crippen LogP contribution in [-0.4, -0.2) is 21.0 Å². The highest BCUT2D eigenvalue weighted by Crippen LogP contribution is 2.21. The monoisotopic (exact) mass is 318 g/mol. The Hall–Kier alpha value is -2.95. The first-order chi connectivity index (χ1) is 11.7. The van der Waals surface area contributed by atoms with Crippen LogP contribution in [0.2, 0.25) is 0 Å². The van der Waals surface area contributed by atoms with Gasteiger partial charge in [-0.1, -0.05) is 30.3 Å². The zero-order chi connectivity index (χ0) is 16.5. The van der Waals surface area contributed by atoms with Crippen molar-refractivity contribution in [2.75, 3.05) is 0 Å². The van der Waals surface area contributed by atoms with Gasteiger partial charge in [-0.3, -0.25) is 9.20 Å². The van der Waals surface area contributed by atoms with Crippen molar-refractivity contribution in [3.8, 4) is 0 Å². The Morgan fingerprint density at radius 3 is 2.92 bits per heavy atom. The molecule has 24 heavy (non-hydrogen) atoms. The average Bonchev–Trinajstić information content (AvgIpc) is 2.95. The molecule has 0 saturated heterocycles. The van der Waals surface area contributed by atoms with Gasteiger partial charge in [0.2, 0.25) is 0 Å². The summed E-state index contributed by atoms with van der Waals surface area (Å²) in [5, 5.41) is 4.40. The van der Waals surface area contributed by atoms with E-state index in [9.17, 15) is 4.79 Å². The number of nitrogens with one attached hydrogen (secondary N) is 1. The smallest absolute Gasteiger partial charge is 0.290 e. The molecule has 1 aliphatic carbocycles. The van der Waals surface area contributed by atoms with Gasteiger partial charge >= 0.3 is 0 Å². The van der Waals surface area contributed by atoms with E-state index in [1.165, 1.54) is 5.56 Å². The summed E-state index contributed by atoms with van der Waals surface area (Å²) in [6, 6.07) is 13.9. The van der Waals surface area contributed by atoms with Crippen LogP contribution in [0.15, 0.2) is 53.8 Å². The summed E-state index contributed by atoms with van der Waals surface area (Å²) < 4.78 is 1.79. The molecule has 1 N–H and O–H groups in total. The summed E-state index contributed by atoms with van der Waals surface area (Å²) in [7, 11) is 0. The molecule has 5 nitrogen and oxygen atoms in total. The van der Waals surface area contributed by atoms with Crippen molar-refractivity contribution in [2.45, 2.75) is 26.2 Å². The quantitative estimate of drug-likeness (QED) is 0.738. The minimum Gasteiger partial charge on any atom is -0.295 e. The number of hydrogen-bond donors (Lipinski definition) is 1. The van der Waals surface area contributed by atoms with Gasteiger partial charge in [-0.25, -0.2) is 10.4 Å². The first kappa shape index (κ1) is 14.6. The number of amides is 1. The summed E-state index contributed by atoms with van der Waals surface area (Å²) in [5.41, 5.74) is 8.07. The van der Waals surface area contributed by atoms with Crippen LogP contribution in [0.5, 0.6) is 0 Å². The van der Waals surface area contributed by atoms with Crippen LogP contribution in [0.25, 0.3) is 5.65 Å². The number of hydrazone groups is 1. The van der Waals surface area contributed by atoms with E-state index in [2.05, 4.69) is 27.6 Å². The molecule has 1 amide bonds. The third kappa shape index (κ3) is 2.48. The molecule has 0 spiro atoms.